The molecular formula is C18H14ClNO5. The molecule has 3 aromatic rings. The van der Waals surface area contributed by atoms with Crippen molar-refractivity contribution in [3.63, 3.8) is 0 Å². The molecule has 128 valence electrons. The van der Waals surface area contributed by atoms with E-state index in [9.17, 15) is 9.90 Å². The third kappa shape index (κ3) is 3.16. The van der Waals surface area contributed by atoms with Crippen molar-refractivity contribution in [1.82, 2.24) is 0 Å². The van der Waals surface area contributed by atoms with E-state index in [0.717, 1.165) is 0 Å². The summed E-state index contributed by atoms with van der Waals surface area (Å²) >= 11 is 6.05. The molecule has 25 heavy (non-hydrogen) atoms. The number of fused-ring (bicyclic) bond motifs is 1. The van der Waals surface area contributed by atoms with Gasteiger partial charge in [0.1, 0.15) is 34.1 Å². The first-order valence-electron chi connectivity index (χ1n) is 7.25. The van der Waals surface area contributed by atoms with Crippen LogP contribution in [0.2, 0.25) is 5.02 Å². The van der Waals surface area contributed by atoms with Crippen LogP contribution in [0.15, 0.2) is 50.6 Å². The van der Waals surface area contributed by atoms with Crippen LogP contribution in [0.25, 0.3) is 11.0 Å². The van der Waals surface area contributed by atoms with Crippen molar-refractivity contribution >= 4 is 34.5 Å². The molecule has 0 atom stereocenters. The Morgan fingerprint density at radius 1 is 1.16 bits per heavy atom. The number of halogens is 1. The van der Waals surface area contributed by atoms with Gasteiger partial charge in [0.2, 0.25) is 0 Å². The number of para-hydroxylation sites is 1. The average molecular weight is 360 g/mol. The number of rotatable bonds is 4. The molecule has 0 spiro atoms. The zero-order valence-corrected chi connectivity index (χ0v) is 14.2. The first kappa shape index (κ1) is 16.9. The summed E-state index contributed by atoms with van der Waals surface area (Å²) in [5.74, 6) is 0.603. The highest BCUT2D eigenvalue weighted by Crippen LogP contribution is 2.37. The Labute approximate surface area is 147 Å². The summed E-state index contributed by atoms with van der Waals surface area (Å²) in [5, 5.41) is 11.1. The van der Waals surface area contributed by atoms with Crippen molar-refractivity contribution in [1.29, 1.82) is 0 Å². The Morgan fingerprint density at radius 3 is 2.60 bits per heavy atom. The fraction of sp³-hybridized carbons (Fsp3) is 0.111. The van der Waals surface area contributed by atoms with Crippen molar-refractivity contribution in [3.8, 4) is 17.2 Å². The number of aliphatic imine (C=N–C) groups is 1. The van der Waals surface area contributed by atoms with Gasteiger partial charge in [-0.05, 0) is 12.1 Å². The van der Waals surface area contributed by atoms with Crippen LogP contribution in [0.3, 0.4) is 0 Å². The first-order valence-corrected chi connectivity index (χ1v) is 7.63. The Kier molecular flexibility index (Phi) is 4.63. The number of benzene rings is 2. The van der Waals surface area contributed by atoms with Crippen LogP contribution in [0.4, 0.5) is 5.69 Å². The molecule has 0 aliphatic rings. The smallest absolute Gasteiger partial charge is 0.348 e. The summed E-state index contributed by atoms with van der Waals surface area (Å²) in [6, 6.07) is 9.81. The van der Waals surface area contributed by atoms with Crippen molar-refractivity contribution in [2.75, 3.05) is 14.2 Å². The number of nitrogens with zero attached hydrogens (tertiary/aromatic N) is 1. The maximum atomic E-state index is 12.1. The van der Waals surface area contributed by atoms with Crippen molar-refractivity contribution in [2.45, 2.75) is 0 Å². The standard InChI is InChI=1S/C18H14ClNO5/c1-23-15-8-13(16(24-2)7-12(15)19)20-9-11-17(21)10-5-3-4-6-14(10)25-18(11)22/h3-9,21H,1-2H3. The van der Waals surface area contributed by atoms with Crippen LogP contribution in [0.1, 0.15) is 5.56 Å². The molecule has 1 N–H and O–H groups in total. The van der Waals surface area contributed by atoms with E-state index in [2.05, 4.69) is 4.99 Å². The quantitative estimate of drug-likeness (QED) is 0.564. The van der Waals surface area contributed by atoms with Crippen LogP contribution in [0, 0.1) is 0 Å². The third-order valence-electron chi connectivity index (χ3n) is 3.61. The molecule has 0 unspecified atom stereocenters. The zero-order chi connectivity index (χ0) is 18.0. The Balaban J connectivity index is 2.12. The van der Waals surface area contributed by atoms with Gasteiger partial charge >= 0.3 is 5.63 Å². The van der Waals surface area contributed by atoms with E-state index < -0.39 is 5.63 Å². The summed E-state index contributed by atoms with van der Waals surface area (Å²) in [4.78, 5) is 16.3. The molecule has 7 heteroatoms. The monoisotopic (exact) mass is 359 g/mol. The van der Waals surface area contributed by atoms with Crippen LogP contribution >= 0.6 is 11.6 Å². The van der Waals surface area contributed by atoms with Gasteiger partial charge in [0.05, 0.1) is 24.6 Å². The number of hydrogen-bond acceptors (Lipinski definition) is 6. The number of aromatic hydroxyl groups is 1. The fourth-order valence-electron chi connectivity index (χ4n) is 2.34. The van der Waals surface area contributed by atoms with Crippen LogP contribution in [-0.2, 0) is 0 Å². The maximum absolute atomic E-state index is 12.1. The second kappa shape index (κ2) is 6.86. The van der Waals surface area contributed by atoms with Gasteiger partial charge in [0, 0.05) is 18.3 Å². The first-order chi connectivity index (χ1) is 12.0. The molecule has 0 aliphatic heterocycles. The van der Waals surface area contributed by atoms with E-state index in [1.165, 1.54) is 20.4 Å². The highest BCUT2D eigenvalue weighted by atomic mass is 35.5. The molecule has 0 radical (unpaired) electrons. The van der Waals surface area contributed by atoms with Gasteiger partial charge in [-0.15, -0.1) is 0 Å². The molecule has 0 saturated carbocycles. The van der Waals surface area contributed by atoms with Crippen molar-refractivity contribution in [2.24, 2.45) is 4.99 Å². The molecule has 1 aromatic heterocycles. The molecule has 0 bridgehead atoms. The van der Waals surface area contributed by atoms with E-state index in [1.807, 2.05) is 0 Å². The van der Waals surface area contributed by atoms with Gasteiger partial charge in [-0.25, -0.2) is 4.79 Å². The summed E-state index contributed by atoms with van der Waals surface area (Å²) in [5.41, 5.74) is -0.0712. The van der Waals surface area contributed by atoms with Crippen molar-refractivity contribution in [3.05, 3.63) is 57.4 Å². The van der Waals surface area contributed by atoms with E-state index >= 15 is 0 Å². The lowest BCUT2D eigenvalue weighted by Gasteiger charge is -2.09. The molecule has 0 saturated heterocycles. The highest BCUT2D eigenvalue weighted by molar-refractivity contribution is 6.32. The van der Waals surface area contributed by atoms with Crippen LogP contribution in [0.5, 0.6) is 17.2 Å². The lowest BCUT2D eigenvalue weighted by Crippen LogP contribution is -2.06. The van der Waals surface area contributed by atoms with Gasteiger partial charge in [-0.2, -0.15) is 0 Å². The molecule has 2 aromatic carbocycles. The lowest BCUT2D eigenvalue weighted by molar-refractivity contribution is 0.404. The number of methoxy groups -OCH3 is 2. The molecule has 0 aliphatic carbocycles. The normalized spacial score (nSPS) is 11.2. The largest absolute Gasteiger partial charge is 0.506 e. The van der Waals surface area contributed by atoms with E-state index in [0.29, 0.717) is 33.2 Å². The molecule has 0 fully saturated rings. The van der Waals surface area contributed by atoms with Crippen molar-refractivity contribution < 1.29 is 19.0 Å². The van der Waals surface area contributed by atoms with E-state index in [4.69, 9.17) is 25.5 Å². The predicted octanol–water partition coefficient (Wildman–Crippen LogP) is 3.92. The van der Waals surface area contributed by atoms with E-state index in [1.54, 1.807) is 36.4 Å². The zero-order valence-electron chi connectivity index (χ0n) is 13.4. The summed E-state index contributed by atoms with van der Waals surface area (Å²) < 4.78 is 15.6. The van der Waals surface area contributed by atoms with Gasteiger partial charge in [-0.3, -0.25) is 4.99 Å². The number of ether oxygens (including phenoxy) is 2. The second-order valence-electron chi connectivity index (χ2n) is 5.06. The minimum absolute atomic E-state index is 0.0605. The lowest BCUT2D eigenvalue weighted by atomic mass is 10.1. The number of hydrogen-bond donors (Lipinski definition) is 1. The molecule has 0 amide bonds. The Hall–Kier alpha value is -2.99. The average Bonchev–Trinajstić information content (AvgIpc) is 2.62. The fourth-order valence-corrected chi connectivity index (χ4v) is 2.57. The van der Waals surface area contributed by atoms with Crippen LogP contribution < -0.4 is 15.1 Å². The van der Waals surface area contributed by atoms with Gasteiger partial charge < -0.3 is 19.0 Å². The van der Waals surface area contributed by atoms with Gasteiger partial charge in [0.25, 0.3) is 0 Å². The minimum Gasteiger partial charge on any atom is -0.506 e. The van der Waals surface area contributed by atoms with E-state index in [-0.39, 0.29) is 11.3 Å². The molecule has 6 nitrogen and oxygen atoms in total. The predicted molar refractivity (Wildman–Crippen MR) is 96.0 cm³/mol. The summed E-state index contributed by atoms with van der Waals surface area (Å²) in [7, 11) is 2.95. The van der Waals surface area contributed by atoms with Gasteiger partial charge in [0.15, 0.2) is 0 Å². The van der Waals surface area contributed by atoms with Gasteiger partial charge in [-0.1, -0.05) is 23.7 Å². The molecule has 1 heterocycles. The Bertz CT molecular complexity index is 1030. The molecular weight excluding hydrogens is 346 g/mol. The topological polar surface area (TPSA) is 81.3 Å². The third-order valence-corrected chi connectivity index (χ3v) is 3.90. The summed E-state index contributed by atoms with van der Waals surface area (Å²) in [6.07, 6.45) is 1.22. The summed E-state index contributed by atoms with van der Waals surface area (Å²) in [6.45, 7) is 0. The molecule has 3 rings (SSSR count). The van der Waals surface area contributed by atoms with Crippen LogP contribution in [-0.4, -0.2) is 25.5 Å². The highest BCUT2D eigenvalue weighted by Gasteiger charge is 2.13. The minimum atomic E-state index is -0.695. The Morgan fingerprint density at radius 2 is 1.88 bits per heavy atom. The second-order valence-corrected chi connectivity index (χ2v) is 5.47. The SMILES string of the molecule is COc1cc(N=Cc2c(O)c3ccccc3oc2=O)c(OC)cc1Cl. The maximum Gasteiger partial charge on any atom is 0.348 e.